The lowest BCUT2D eigenvalue weighted by Gasteiger charge is -2.35. The van der Waals surface area contributed by atoms with Crippen LogP contribution >= 0.6 is 0 Å². The Morgan fingerprint density at radius 3 is 2.05 bits per heavy atom. The molecule has 196 valence electrons. The number of nitrogens with zero attached hydrogens (tertiary/aromatic N) is 1. The highest BCUT2D eigenvalue weighted by Crippen LogP contribution is 2.58. The minimum atomic E-state index is -0.543. The molecule has 7 aromatic carbocycles. The Kier molecular flexibility index (Phi) is 4.85. The predicted octanol–water partition coefficient (Wildman–Crippen LogP) is 10.2. The van der Waals surface area contributed by atoms with E-state index in [0.29, 0.717) is 5.89 Å². The van der Waals surface area contributed by atoms with E-state index in [4.69, 9.17) is 9.40 Å². The molecular formula is C40H25NO. The molecule has 0 spiro atoms. The van der Waals surface area contributed by atoms with Gasteiger partial charge in [-0.2, -0.15) is 0 Å². The zero-order valence-corrected chi connectivity index (χ0v) is 22.8. The van der Waals surface area contributed by atoms with Gasteiger partial charge in [-0.1, -0.05) is 121 Å². The van der Waals surface area contributed by atoms with E-state index in [2.05, 4.69) is 127 Å². The van der Waals surface area contributed by atoms with Gasteiger partial charge in [-0.3, -0.25) is 0 Å². The summed E-state index contributed by atoms with van der Waals surface area (Å²) in [4.78, 5) is 4.88. The van der Waals surface area contributed by atoms with Crippen LogP contribution in [0.2, 0.25) is 0 Å². The topological polar surface area (TPSA) is 26.0 Å². The van der Waals surface area contributed by atoms with Crippen LogP contribution in [0.15, 0.2) is 156 Å². The van der Waals surface area contributed by atoms with Gasteiger partial charge in [-0.15, -0.1) is 0 Å². The molecule has 8 aromatic rings. The Hall–Kier alpha value is -5.47. The van der Waals surface area contributed by atoms with E-state index in [1.54, 1.807) is 0 Å². The van der Waals surface area contributed by atoms with Crippen molar-refractivity contribution >= 4 is 32.6 Å². The predicted molar refractivity (Wildman–Crippen MR) is 172 cm³/mol. The first-order chi connectivity index (χ1) is 20.8. The van der Waals surface area contributed by atoms with Gasteiger partial charge in [-0.25, -0.2) is 4.98 Å². The average Bonchev–Trinajstić information content (AvgIpc) is 3.63. The fraction of sp³-hybridized carbons (Fsp3) is 0.0250. The molecule has 1 heterocycles. The standard InChI is InChI=1S/C40H25NO/c1-2-13-28(14-3-1)40(35-24-26-12-4-5-15-29(26)30-16-6-7-17-31(30)35)34-19-9-8-18-32(34)33-23-22-27(25-36(33)40)39-41-37-20-10-11-21-38(37)42-39/h1-25H. The third-order valence-corrected chi connectivity index (χ3v) is 8.96. The first-order valence-corrected chi connectivity index (χ1v) is 14.4. The van der Waals surface area contributed by atoms with Gasteiger partial charge in [0.05, 0.1) is 5.41 Å². The number of benzene rings is 7. The van der Waals surface area contributed by atoms with E-state index >= 15 is 0 Å². The molecule has 1 aliphatic rings. The third-order valence-electron chi connectivity index (χ3n) is 8.96. The Morgan fingerprint density at radius 1 is 0.476 bits per heavy atom. The molecule has 1 atom stereocenters. The monoisotopic (exact) mass is 535 g/mol. The molecular weight excluding hydrogens is 510 g/mol. The van der Waals surface area contributed by atoms with E-state index in [-0.39, 0.29) is 0 Å². The maximum absolute atomic E-state index is 6.29. The van der Waals surface area contributed by atoms with E-state index in [1.807, 2.05) is 24.3 Å². The van der Waals surface area contributed by atoms with Crippen LogP contribution in [0.5, 0.6) is 0 Å². The number of fused-ring (bicyclic) bond motifs is 7. The Bertz CT molecular complexity index is 2280. The molecule has 1 aliphatic carbocycles. The van der Waals surface area contributed by atoms with Crippen molar-refractivity contribution in [3.8, 4) is 22.6 Å². The summed E-state index contributed by atoms with van der Waals surface area (Å²) in [7, 11) is 0. The SMILES string of the molecule is c1ccc(C2(c3cc4ccccc4c4ccccc34)c3ccccc3-c3ccc(-c4nc5ccccc5o4)cc32)cc1. The van der Waals surface area contributed by atoms with Crippen LogP contribution < -0.4 is 0 Å². The third kappa shape index (κ3) is 3.12. The summed E-state index contributed by atoms with van der Waals surface area (Å²) in [5.74, 6) is 0.639. The van der Waals surface area contributed by atoms with Crippen molar-refractivity contribution in [1.82, 2.24) is 4.98 Å². The van der Waals surface area contributed by atoms with Gasteiger partial charge in [-0.05, 0) is 85.3 Å². The van der Waals surface area contributed by atoms with Crippen LogP contribution in [0.3, 0.4) is 0 Å². The van der Waals surface area contributed by atoms with Crippen molar-refractivity contribution in [2.45, 2.75) is 5.41 Å². The smallest absolute Gasteiger partial charge is 0.227 e. The molecule has 0 saturated heterocycles. The normalized spacial score (nSPS) is 15.7. The molecule has 42 heavy (non-hydrogen) atoms. The zero-order chi connectivity index (χ0) is 27.7. The van der Waals surface area contributed by atoms with Gasteiger partial charge < -0.3 is 4.42 Å². The van der Waals surface area contributed by atoms with Crippen molar-refractivity contribution in [1.29, 1.82) is 0 Å². The zero-order valence-electron chi connectivity index (χ0n) is 22.8. The lowest BCUT2D eigenvalue weighted by molar-refractivity contribution is 0.619. The highest BCUT2D eigenvalue weighted by Gasteiger charge is 2.47. The maximum atomic E-state index is 6.29. The molecule has 0 saturated carbocycles. The Labute approximate surface area is 243 Å². The number of para-hydroxylation sites is 2. The van der Waals surface area contributed by atoms with Crippen LogP contribution in [-0.4, -0.2) is 4.98 Å². The van der Waals surface area contributed by atoms with Gasteiger partial charge in [0.2, 0.25) is 5.89 Å². The quantitative estimate of drug-likeness (QED) is 0.210. The second kappa shape index (κ2) is 8.76. The van der Waals surface area contributed by atoms with Crippen molar-refractivity contribution in [3.63, 3.8) is 0 Å². The number of hydrogen-bond acceptors (Lipinski definition) is 2. The van der Waals surface area contributed by atoms with Crippen molar-refractivity contribution in [2.75, 3.05) is 0 Å². The summed E-state index contributed by atoms with van der Waals surface area (Å²) in [6, 6.07) is 54.6. The van der Waals surface area contributed by atoms with Crippen LogP contribution in [-0.2, 0) is 5.41 Å². The number of aromatic nitrogens is 1. The summed E-state index contributed by atoms with van der Waals surface area (Å²) in [5.41, 5.74) is 9.66. The Balaban J connectivity index is 1.45. The highest BCUT2D eigenvalue weighted by molar-refractivity contribution is 6.10. The number of hydrogen-bond donors (Lipinski definition) is 0. The Morgan fingerprint density at radius 2 is 1.17 bits per heavy atom. The summed E-state index contributed by atoms with van der Waals surface area (Å²) >= 11 is 0. The molecule has 0 aliphatic heterocycles. The van der Waals surface area contributed by atoms with Gasteiger partial charge in [0.25, 0.3) is 0 Å². The molecule has 0 radical (unpaired) electrons. The first-order valence-electron chi connectivity index (χ1n) is 14.4. The van der Waals surface area contributed by atoms with E-state index in [1.165, 1.54) is 54.9 Å². The first kappa shape index (κ1) is 23.3. The summed E-state index contributed by atoms with van der Waals surface area (Å²) in [6.07, 6.45) is 0. The molecule has 0 fully saturated rings. The minimum Gasteiger partial charge on any atom is -0.436 e. The maximum Gasteiger partial charge on any atom is 0.227 e. The molecule has 2 heteroatoms. The van der Waals surface area contributed by atoms with Gasteiger partial charge >= 0.3 is 0 Å². The molecule has 2 nitrogen and oxygen atoms in total. The van der Waals surface area contributed by atoms with Crippen LogP contribution in [0, 0.1) is 0 Å². The van der Waals surface area contributed by atoms with Gasteiger partial charge in [0.1, 0.15) is 5.52 Å². The average molecular weight is 536 g/mol. The lowest BCUT2D eigenvalue weighted by Crippen LogP contribution is -2.29. The van der Waals surface area contributed by atoms with E-state index in [0.717, 1.165) is 16.7 Å². The molecule has 0 amide bonds. The fourth-order valence-corrected chi connectivity index (χ4v) is 7.22. The second-order valence-electron chi connectivity index (χ2n) is 11.1. The van der Waals surface area contributed by atoms with Crippen molar-refractivity contribution in [2.24, 2.45) is 0 Å². The molecule has 1 aromatic heterocycles. The van der Waals surface area contributed by atoms with Crippen LogP contribution in [0.1, 0.15) is 22.3 Å². The fourth-order valence-electron chi connectivity index (χ4n) is 7.22. The number of rotatable bonds is 3. The van der Waals surface area contributed by atoms with Crippen LogP contribution in [0.25, 0.3) is 55.2 Å². The largest absolute Gasteiger partial charge is 0.436 e. The minimum absolute atomic E-state index is 0.543. The lowest BCUT2D eigenvalue weighted by atomic mass is 9.66. The van der Waals surface area contributed by atoms with Gasteiger partial charge in [0, 0.05) is 5.56 Å². The van der Waals surface area contributed by atoms with E-state index in [9.17, 15) is 0 Å². The van der Waals surface area contributed by atoms with Crippen molar-refractivity contribution in [3.05, 3.63) is 174 Å². The summed E-state index contributed by atoms with van der Waals surface area (Å²) in [5, 5.41) is 5.03. The number of oxazole rings is 1. The van der Waals surface area contributed by atoms with Crippen LogP contribution in [0.4, 0.5) is 0 Å². The van der Waals surface area contributed by atoms with Gasteiger partial charge in [0.15, 0.2) is 5.58 Å². The molecule has 0 N–H and O–H groups in total. The summed E-state index contributed by atoms with van der Waals surface area (Å²) in [6.45, 7) is 0. The molecule has 1 unspecified atom stereocenters. The molecule has 0 bridgehead atoms. The summed E-state index contributed by atoms with van der Waals surface area (Å²) < 4.78 is 6.29. The van der Waals surface area contributed by atoms with Crippen molar-refractivity contribution < 1.29 is 4.42 Å². The highest BCUT2D eigenvalue weighted by atomic mass is 16.3. The second-order valence-corrected chi connectivity index (χ2v) is 11.1. The van der Waals surface area contributed by atoms with E-state index < -0.39 is 5.41 Å². The molecule has 9 rings (SSSR count).